The average Bonchev–Trinajstić information content (AvgIpc) is 3.08. The number of rotatable bonds is 3. The molecule has 5 nitrogen and oxygen atoms in total. The molecule has 2 aromatic rings. The van der Waals surface area contributed by atoms with Crippen molar-refractivity contribution >= 4 is 40.7 Å². The number of nitrogens with one attached hydrogen (secondary N) is 1. The molecule has 1 aliphatic rings. The van der Waals surface area contributed by atoms with Crippen LogP contribution < -0.4 is 5.32 Å². The molecule has 0 aliphatic carbocycles. The van der Waals surface area contributed by atoms with E-state index in [0.29, 0.717) is 11.3 Å². The summed E-state index contributed by atoms with van der Waals surface area (Å²) in [4.78, 5) is 16.3. The third kappa shape index (κ3) is 3.88. The normalized spacial score (nSPS) is 19.0. The molecule has 1 amide bonds. The third-order valence-corrected chi connectivity index (χ3v) is 4.58. The molecule has 0 spiro atoms. The van der Waals surface area contributed by atoms with Crippen LogP contribution in [0.25, 0.3) is 0 Å². The van der Waals surface area contributed by atoms with Crippen molar-refractivity contribution in [3.8, 4) is 0 Å². The van der Waals surface area contributed by atoms with Crippen LogP contribution in [-0.4, -0.2) is 25.1 Å². The summed E-state index contributed by atoms with van der Waals surface area (Å²) in [5.74, 6) is 0. The molecule has 3 rings (SSSR count). The predicted octanol–water partition coefficient (Wildman–Crippen LogP) is 5.75. The van der Waals surface area contributed by atoms with Crippen molar-refractivity contribution in [1.29, 1.82) is 0 Å². The third-order valence-electron chi connectivity index (χ3n) is 4.14. The number of amides is 1. The fraction of sp³-hybridized carbons (Fsp3) is 0.222. The fourth-order valence-electron chi connectivity index (χ4n) is 2.79. The number of ether oxygens (including phenoxy) is 1. The molecule has 2 aromatic carbocycles. The molecule has 1 atom stereocenters. The number of carbonyl (C=O) groups is 1. The summed E-state index contributed by atoms with van der Waals surface area (Å²) in [5.41, 5.74) is -2.22. The summed E-state index contributed by atoms with van der Waals surface area (Å²) in [5, 5.41) is 6.20. The number of benzene rings is 2. The first-order chi connectivity index (χ1) is 13.1. The topological polar surface area (TPSA) is 59.9 Å². The van der Waals surface area contributed by atoms with Crippen molar-refractivity contribution in [2.75, 3.05) is 12.4 Å². The maximum atomic E-state index is 14.0. The molecule has 0 fully saturated rings. The summed E-state index contributed by atoms with van der Waals surface area (Å²) < 4.78 is 46.5. The molecule has 148 valence electrons. The monoisotopic (exact) mass is 432 g/mol. The summed E-state index contributed by atoms with van der Waals surface area (Å²) >= 11 is 11.8. The predicted molar refractivity (Wildman–Crippen MR) is 98.9 cm³/mol. The van der Waals surface area contributed by atoms with Gasteiger partial charge in [-0.3, -0.25) is 5.32 Å². The lowest BCUT2D eigenvalue weighted by atomic mass is 9.86. The van der Waals surface area contributed by atoms with E-state index in [9.17, 15) is 18.0 Å². The van der Waals surface area contributed by atoms with Crippen LogP contribution in [0, 0.1) is 0 Å². The Morgan fingerprint density at radius 2 is 1.89 bits per heavy atom. The van der Waals surface area contributed by atoms with Crippen molar-refractivity contribution in [3.63, 3.8) is 0 Å². The molecule has 0 saturated carbocycles. The van der Waals surface area contributed by atoms with Gasteiger partial charge in [-0.2, -0.15) is 13.2 Å². The lowest BCUT2D eigenvalue weighted by Gasteiger charge is -2.29. The van der Waals surface area contributed by atoms with E-state index in [1.54, 1.807) is 18.2 Å². The molecule has 0 bridgehead atoms. The molecule has 1 aliphatic heterocycles. The first-order valence-corrected chi connectivity index (χ1v) is 8.64. The van der Waals surface area contributed by atoms with Crippen LogP contribution >= 0.6 is 23.2 Å². The van der Waals surface area contributed by atoms with E-state index < -0.39 is 24.3 Å². The molecule has 1 unspecified atom stereocenters. The lowest BCUT2D eigenvalue weighted by molar-refractivity contribution is -0.275. The number of oxime groups is 1. The lowest BCUT2D eigenvalue weighted by Crippen LogP contribution is -2.42. The van der Waals surface area contributed by atoms with Gasteiger partial charge in [0.15, 0.2) is 0 Å². The van der Waals surface area contributed by atoms with Gasteiger partial charge in [-0.25, -0.2) is 4.79 Å². The first kappa shape index (κ1) is 20.3. The zero-order valence-corrected chi connectivity index (χ0v) is 15.8. The number of hydrogen-bond acceptors (Lipinski definition) is 4. The van der Waals surface area contributed by atoms with Crippen LogP contribution in [0.4, 0.5) is 23.7 Å². The maximum absolute atomic E-state index is 14.0. The standard InChI is InChI=1S/C18H13Cl2F3N2O3/c1-27-16(26)24-14-4-2-3-10(5-14)15-9-17(28-25-15,18(21,22)23)11-6-12(19)8-13(20)7-11/h2-8H,9H2,1H3,(H,24,26). The van der Waals surface area contributed by atoms with Crippen molar-refractivity contribution in [3.05, 3.63) is 63.6 Å². The second kappa shape index (κ2) is 7.52. The quantitative estimate of drug-likeness (QED) is 0.670. The number of alkyl halides is 3. The van der Waals surface area contributed by atoms with Gasteiger partial charge in [-0.15, -0.1) is 0 Å². The SMILES string of the molecule is COC(=O)Nc1cccc(C2=NOC(c3cc(Cl)cc(Cl)c3)(C(F)(F)F)C2)c1. The molecular weight excluding hydrogens is 420 g/mol. The zero-order valence-electron chi connectivity index (χ0n) is 14.3. The number of halogens is 5. The number of nitrogens with zero attached hydrogens (tertiary/aromatic N) is 1. The van der Waals surface area contributed by atoms with Crippen LogP contribution in [0.15, 0.2) is 47.6 Å². The molecule has 0 aromatic heterocycles. The Bertz CT molecular complexity index is 930. The molecule has 0 radical (unpaired) electrons. The van der Waals surface area contributed by atoms with Crippen LogP contribution in [0.2, 0.25) is 10.0 Å². The van der Waals surface area contributed by atoms with E-state index in [1.165, 1.54) is 19.2 Å². The second-order valence-electron chi connectivity index (χ2n) is 5.99. The Labute approximate surface area is 168 Å². The van der Waals surface area contributed by atoms with Crippen LogP contribution in [-0.2, 0) is 15.2 Å². The second-order valence-corrected chi connectivity index (χ2v) is 6.86. The van der Waals surface area contributed by atoms with E-state index in [4.69, 9.17) is 28.0 Å². The molecule has 28 heavy (non-hydrogen) atoms. The number of hydrogen-bond donors (Lipinski definition) is 1. The number of anilines is 1. The zero-order chi connectivity index (χ0) is 20.5. The molecule has 0 saturated heterocycles. The van der Waals surface area contributed by atoms with E-state index in [1.807, 2.05) is 0 Å². The molecule has 1 heterocycles. The van der Waals surface area contributed by atoms with Gasteiger partial charge in [0.2, 0.25) is 0 Å². The molecular formula is C18H13Cl2F3N2O3. The van der Waals surface area contributed by atoms with Gasteiger partial charge < -0.3 is 9.57 Å². The minimum atomic E-state index is -4.78. The summed E-state index contributed by atoms with van der Waals surface area (Å²) in [7, 11) is 1.20. The summed E-state index contributed by atoms with van der Waals surface area (Å²) in [6.45, 7) is 0. The highest BCUT2D eigenvalue weighted by Crippen LogP contribution is 2.49. The molecule has 1 N–H and O–H groups in total. The highest BCUT2D eigenvalue weighted by atomic mass is 35.5. The number of methoxy groups -OCH3 is 1. The van der Waals surface area contributed by atoms with E-state index in [-0.39, 0.29) is 21.3 Å². The average molecular weight is 433 g/mol. The van der Waals surface area contributed by atoms with Crippen molar-refractivity contribution < 1.29 is 27.5 Å². The van der Waals surface area contributed by atoms with Crippen LogP contribution in [0.5, 0.6) is 0 Å². The van der Waals surface area contributed by atoms with E-state index in [0.717, 1.165) is 12.1 Å². The Morgan fingerprint density at radius 1 is 1.21 bits per heavy atom. The Morgan fingerprint density at radius 3 is 2.50 bits per heavy atom. The Hall–Kier alpha value is -2.45. The van der Waals surface area contributed by atoms with Gasteiger partial charge in [-0.1, -0.05) is 40.5 Å². The summed E-state index contributed by atoms with van der Waals surface area (Å²) in [6.07, 6.45) is -6.08. The Balaban J connectivity index is 1.96. The van der Waals surface area contributed by atoms with Gasteiger partial charge in [0, 0.05) is 33.3 Å². The van der Waals surface area contributed by atoms with Crippen molar-refractivity contribution in [2.45, 2.75) is 18.2 Å². The Kier molecular flexibility index (Phi) is 5.45. The van der Waals surface area contributed by atoms with Crippen molar-refractivity contribution in [2.24, 2.45) is 5.16 Å². The largest absolute Gasteiger partial charge is 0.453 e. The fourth-order valence-corrected chi connectivity index (χ4v) is 3.32. The minimum absolute atomic E-state index is 0.0486. The van der Waals surface area contributed by atoms with E-state index >= 15 is 0 Å². The highest BCUT2D eigenvalue weighted by Gasteiger charge is 2.62. The van der Waals surface area contributed by atoms with E-state index in [2.05, 4.69) is 15.2 Å². The van der Waals surface area contributed by atoms with Gasteiger partial charge >= 0.3 is 12.3 Å². The first-order valence-electron chi connectivity index (χ1n) is 7.88. The minimum Gasteiger partial charge on any atom is -0.453 e. The van der Waals surface area contributed by atoms with Gasteiger partial charge in [0.05, 0.1) is 12.8 Å². The number of carbonyl (C=O) groups excluding carboxylic acids is 1. The van der Waals surface area contributed by atoms with Crippen LogP contribution in [0.1, 0.15) is 17.5 Å². The van der Waals surface area contributed by atoms with Gasteiger partial charge in [0.25, 0.3) is 5.60 Å². The maximum Gasteiger partial charge on any atom is 0.435 e. The molecule has 10 heteroatoms. The smallest absolute Gasteiger partial charge is 0.435 e. The van der Waals surface area contributed by atoms with Crippen LogP contribution in [0.3, 0.4) is 0 Å². The highest BCUT2D eigenvalue weighted by molar-refractivity contribution is 6.34. The summed E-state index contributed by atoms with van der Waals surface area (Å²) in [6, 6.07) is 9.77. The van der Waals surface area contributed by atoms with Crippen molar-refractivity contribution in [1.82, 2.24) is 0 Å². The van der Waals surface area contributed by atoms with Gasteiger partial charge in [0.1, 0.15) is 0 Å². The van der Waals surface area contributed by atoms with Gasteiger partial charge in [-0.05, 0) is 30.3 Å².